The van der Waals surface area contributed by atoms with Gasteiger partial charge >= 0.3 is 0 Å². The van der Waals surface area contributed by atoms with E-state index in [-0.39, 0.29) is 0 Å². The van der Waals surface area contributed by atoms with Crippen LogP contribution in [0.15, 0.2) is 36.7 Å². The topological polar surface area (TPSA) is 43.4 Å². The van der Waals surface area contributed by atoms with Gasteiger partial charge in [0.15, 0.2) is 11.5 Å². The van der Waals surface area contributed by atoms with Crippen molar-refractivity contribution in [3.8, 4) is 17.2 Å². The maximum absolute atomic E-state index is 5.91. The van der Waals surface area contributed by atoms with E-state index in [1.54, 1.807) is 19.5 Å². The van der Waals surface area contributed by atoms with Gasteiger partial charge < -0.3 is 14.8 Å². The second-order valence-corrected chi connectivity index (χ2v) is 4.27. The second kappa shape index (κ2) is 6.20. The normalized spacial score (nSPS) is 10.3. The first-order chi connectivity index (χ1) is 9.24. The average Bonchev–Trinajstić information content (AvgIpc) is 2.43. The van der Waals surface area contributed by atoms with Crippen LogP contribution in [0, 0.1) is 6.92 Å². The van der Waals surface area contributed by atoms with Crippen LogP contribution in [0.25, 0.3) is 0 Å². The lowest BCUT2D eigenvalue weighted by Gasteiger charge is -2.13. The van der Waals surface area contributed by atoms with Gasteiger partial charge in [0.2, 0.25) is 0 Å². The number of methoxy groups -OCH3 is 1. The molecule has 4 heteroatoms. The number of nitrogens with zero attached hydrogens (tertiary/aromatic N) is 1. The first-order valence-corrected chi connectivity index (χ1v) is 6.14. The summed E-state index contributed by atoms with van der Waals surface area (Å²) in [5, 5.41) is 3.11. The van der Waals surface area contributed by atoms with Gasteiger partial charge in [-0.2, -0.15) is 0 Å². The first-order valence-electron chi connectivity index (χ1n) is 6.14. The van der Waals surface area contributed by atoms with Crippen molar-refractivity contribution in [1.82, 2.24) is 10.3 Å². The molecule has 0 amide bonds. The third kappa shape index (κ3) is 3.23. The molecule has 0 bridgehead atoms. The lowest BCUT2D eigenvalue weighted by atomic mass is 10.2. The Labute approximate surface area is 113 Å². The van der Waals surface area contributed by atoms with Crippen LogP contribution in [0.2, 0.25) is 0 Å². The Bertz CT molecular complexity index is 556. The molecule has 0 saturated carbocycles. The van der Waals surface area contributed by atoms with E-state index in [0.717, 1.165) is 29.2 Å². The molecule has 1 aromatic heterocycles. The predicted molar refractivity (Wildman–Crippen MR) is 74.8 cm³/mol. The zero-order valence-electron chi connectivity index (χ0n) is 11.4. The van der Waals surface area contributed by atoms with Crippen molar-refractivity contribution in [3.63, 3.8) is 0 Å². The summed E-state index contributed by atoms with van der Waals surface area (Å²) >= 11 is 0. The Balaban J connectivity index is 2.30. The number of nitrogens with one attached hydrogen (secondary N) is 1. The van der Waals surface area contributed by atoms with Crippen molar-refractivity contribution in [2.45, 2.75) is 13.5 Å². The van der Waals surface area contributed by atoms with Gasteiger partial charge in [-0.05, 0) is 37.7 Å². The summed E-state index contributed by atoms with van der Waals surface area (Å²) in [7, 11) is 3.54. The smallest absolute Gasteiger partial charge is 0.169 e. The number of benzene rings is 1. The minimum Gasteiger partial charge on any atom is -0.493 e. The van der Waals surface area contributed by atoms with Crippen LogP contribution in [0.3, 0.4) is 0 Å². The van der Waals surface area contributed by atoms with Crippen molar-refractivity contribution in [1.29, 1.82) is 0 Å². The number of aryl methyl sites for hydroxylation is 1. The fourth-order valence-corrected chi connectivity index (χ4v) is 1.81. The number of ether oxygens (including phenoxy) is 2. The SMILES string of the molecule is CNCc1ccncc1Oc1ccc(C)cc1OC. The van der Waals surface area contributed by atoms with E-state index >= 15 is 0 Å². The Morgan fingerprint density at radius 1 is 1.16 bits per heavy atom. The Morgan fingerprint density at radius 3 is 2.74 bits per heavy atom. The van der Waals surface area contributed by atoms with Gasteiger partial charge in [0.05, 0.1) is 13.3 Å². The number of pyridine rings is 1. The van der Waals surface area contributed by atoms with Gasteiger partial charge in [0.25, 0.3) is 0 Å². The van der Waals surface area contributed by atoms with Crippen LogP contribution in [-0.2, 0) is 6.54 Å². The van der Waals surface area contributed by atoms with Crippen LogP contribution in [0.5, 0.6) is 17.2 Å². The average molecular weight is 258 g/mol. The minimum absolute atomic E-state index is 0.693. The fraction of sp³-hybridized carbons (Fsp3) is 0.267. The molecule has 4 nitrogen and oxygen atoms in total. The van der Waals surface area contributed by atoms with Crippen molar-refractivity contribution >= 4 is 0 Å². The van der Waals surface area contributed by atoms with E-state index in [1.165, 1.54) is 0 Å². The molecule has 0 fully saturated rings. The van der Waals surface area contributed by atoms with Gasteiger partial charge in [-0.15, -0.1) is 0 Å². The number of hydrogen-bond acceptors (Lipinski definition) is 4. The highest BCUT2D eigenvalue weighted by atomic mass is 16.5. The Morgan fingerprint density at radius 2 is 2.00 bits per heavy atom. The summed E-state index contributed by atoms with van der Waals surface area (Å²) in [6.07, 6.45) is 3.47. The highest BCUT2D eigenvalue weighted by Crippen LogP contribution is 2.33. The molecule has 0 spiro atoms. The molecule has 1 heterocycles. The molecule has 0 aliphatic heterocycles. The summed E-state index contributed by atoms with van der Waals surface area (Å²) in [6, 6.07) is 7.78. The Hall–Kier alpha value is -2.07. The van der Waals surface area contributed by atoms with E-state index < -0.39 is 0 Å². The third-order valence-corrected chi connectivity index (χ3v) is 2.78. The molecule has 2 aromatic rings. The zero-order valence-corrected chi connectivity index (χ0v) is 11.4. The second-order valence-electron chi connectivity index (χ2n) is 4.27. The standard InChI is InChI=1S/C15H18N2O2/c1-11-4-5-13(14(8-11)18-3)19-15-10-17-7-6-12(15)9-16-2/h4-8,10,16H,9H2,1-3H3. The molecule has 100 valence electrons. The molecule has 1 N–H and O–H groups in total. The first kappa shape index (κ1) is 13.4. The number of hydrogen-bond donors (Lipinski definition) is 1. The van der Waals surface area contributed by atoms with Crippen molar-refractivity contribution in [2.24, 2.45) is 0 Å². The maximum atomic E-state index is 5.91. The molecule has 0 saturated heterocycles. The third-order valence-electron chi connectivity index (χ3n) is 2.78. The largest absolute Gasteiger partial charge is 0.493 e. The summed E-state index contributed by atoms with van der Waals surface area (Å²) in [6.45, 7) is 2.74. The monoisotopic (exact) mass is 258 g/mol. The molecule has 0 radical (unpaired) electrons. The summed E-state index contributed by atoms with van der Waals surface area (Å²) in [4.78, 5) is 4.10. The predicted octanol–water partition coefficient (Wildman–Crippen LogP) is 2.91. The van der Waals surface area contributed by atoms with E-state index in [2.05, 4.69) is 10.3 Å². The molecule has 2 rings (SSSR count). The lowest BCUT2D eigenvalue weighted by Crippen LogP contribution is -2.06. The zero-order chi connectivity index (χ0) is 13.7. The van der Waals surface area contributed by atoms with Crippen molar-refractivity contribution < 1.29 is 9.47 Å². The van der Waals surface area contributed by atoms with E-state index in [0.29, 0.717) is 5.75 Å². The van der Waals surface area contributed by atoms with Crippen LogP contribution < -0.4 is 14.8 Å². The molecular formula is C15H18N2O2. The van der Waals surface area contributed by atoms with Gasteiger partial charge in [-0.3, -0.25) is 4.98 Å². The Kier molecular flexibility index (Phi) is 4.36. The number of rotatable bonds is 5. The summed E-state index contributed by atoms with van der Waals surface area (Å²) in [5.74, 6) is 2.15. The molecular weight excluding hydrogens is 240 g/mol. The molecule has 19 heavy (non-hydrogen) atoms. The fourth-order valence-electron chi connectivity index (χ4n) is 1.81. The van der Waals surface area contributed by atoms with Crippen molar-refractivity contribution in [3.05, 3.63) is 47.8 Å². The van der Waals surface area contributed by atoms with Crippen LogP contribution in [0.4, 0.5) is 0 Å². The van der Waals surface area contributed by atoms with Crippen LogP contribution in [0.1, 0.15) is 11.1 Å². The summed E-state index contributed by atoms with van der Waals surface area (Å²) in [5.41, 5.74) is 2.19. The molecule has 0 aliphatic carbocycles. The lowest BCUT2D eigenvalue weighted by molar-refractivity contribution is 0.376. The van der Waals surface area contributed by atoms with E-state index in [4.69, 9.17) is 9.47 Å². The highest BCUT2D eigenvalue weighted by Gasteiger charge is 2.09. The van der Waals surface area contributed by atoms with Crippen LogP contribution >= 0.6 is 0 Å². The van der Waals surface area contributed by atoms with Crippen molar-refractivity contribution in [2.75, 3.05) is 14.2 Å². The summed E-state index contributed by atoms with van der Waals surface area (Å²) < 4.78 is 11.2. The molecule has 0 unspecified atom stereocenters. The van der Waals surface area contributed by atoms with Crippen LogP contribution in [-0.4, -0.2) is 19.1 Å². The maximum Gasteiger partial charge on any atom is 0.169 e. The quantitative estimate of drug-likeness (QED) is 0.895. The van der Waals surface area contributed by atoms with E-state index in [9.17, 15) is 0 Å². The minimum atomic E-state index is 0.693. The van der Waals surface area contributed by atoms with Gasteiger partial charge in [-0.25, -0.2) is 0 Å². The molecule has 0 atom stereocenters. The van der Waals surface area contributed by atoms with E-state index in [1.807, 2.05) is 38.2 Å². The van der Waals surface area contributed by atoms with Gasteiger partial charge in [-0.1, -0.05) is 6.07 Å². The molecule has 1 aromatic carbocycles. The highest BCUT2D eigenvalue weighted by molar-refractivity contribution is 5.46. The molecule has 0 aliphatic rings. The number of aromatic nitrogens is 1. The van der Waals surface area contributed by atoms with Gasteiger partial charge in [0.1, 0.15) is 5.75 Å². The van der Waals surface area contributed by atoms with Gasteiger partial charge in [0, 0.05) is 18.3 Å².